The number of rotatable bonds is 6. The first-order valence-corrected chi connectivity index (χ1v) is 7.80. The molecule has 118 valence electrons. The van der Waals surface area contributed by atoms with E-state index in [4.69, 9.17) is 0 Å². The second kappa shape index (κ2) is 7.15. The molecule has 0 bridgehead atoms. The Hall–Kier alpha value is -2.53. The third kappa shape index (κ3) is 4.23. The van der Waals surface area contributed by atoms with E-state index in [1.807, 2.05) is 60.4 Å². The molecule has 5 nitrogen and oxygen atoms in total. The number of hydrogen-bond donors (Lipinski definition) is 1. The van der Waals surface area contributed by atoms with E-state index >= 15 is 0 Å². The largest absolute Gasteiger partial charge is 0.307 e. The predicted octanol–water partition coefficient (Wildman–Crippen LogP) is 2.83. The molecule has 0 spiro atoms. The summed E-state index contributed by atoms with van der Waals surface area (Å²) in [5.74, 6) is 0.764. The van der Waals surface area contributed by atoms with E-state index in [1.165, 1.54) is 5.56 Å². The van der Waals surface area contributed by atoms with Crippen molar-refractivity contribution in [2.24, 2.45) is 0 Å². The van der Waals surface area contributed by atoms with Crippen molar-refractivity contribution in [2.75, 3.05) is 0 Å². The van der Waals surface area contributed by atoms with E-state index in [-0.39, 0.29) is 0 Å². The summed E-state index contributed by atoms with van der Waals surface area (Å²) in [5, 5.41) is 7.80. The topological polar surface area (TPSA) is 55.6 Å². The summed E-state index contributed by atoms with van der Waals surface area (Å²) >= 11 is 0. The lowest BCUT2D eigenvalue weighted by Crippen LogP contribution is -2.30. The highest BCUT2D eigenvalue weighted by molar-refractivity contribution is 5.54. The van der Waals surface area contributed by atoms with Crippen molar-refractivity contribution in [1.82, 2.24) is 25.1 Å². The maximum Gasteiger partial charge on any atom is 0.159 e. The van der Waals surface area contributed by atoms with Crippen LogP contribution in [0.5, 0.6) is 0 Å². The highest BCUT2D eigenvalue weighted by atomic mass is 15.3. The second-order valence-electron chi connectivity index (χ2n) is 5.76. The summed E-state index contributed by atoms with van der Waals surface area (Å²) in [6, 6.07) is 12.3. The van der Waals surface area contributed by atoms with E-state index < -0.39 is 0 Å². The Morgan fingerprint density at radius 1 is 1.17 bits per heavy atom. The van der Waals surface area contributed by atoms with Crippen LogP contribution >= 0.6 is 0 Å². The van der Waals surface area contributed by atoms with Gasteiger partial charge in [0.05, 0.1) is 18.4 Å². The summed E-state index contributed by atoms with van der Waals surface area (Å²) in [6.07, 6.45) is 5.74. The fourth-order valence-corrected chi connectivity index (χ4v) is 2.41. The minimum atomic E-state index is 0.310. The Morgan fingerprint density at radius 3 is 2.74 bits per heavy atom. The van der Waals surface area contributed by atoms with Gasteiger partial charge in [0.1, 0.15) is 0 Å². The molecule has 0 radical (unpaired) electrons. The lowest BCUT2D eigenvalue weighted by molar-refractivity contribution is 0.448. The molecule has 0 saturated heterocycles. The number of nitrogens with zero attached hydrogens (tertiary/aromatic N) is 4. The average Bonchev–Trinajstić information content (AvgIpc) is 2.99. The highest BCUT2D eigenvalue weighted by Gasteiger charge is 2.06. The molecule has 2 aromatic heterocycles. The van der Waals surface area contributed by atoms with Gasteiger partial charge in [-0.3, -0.25) is 4.68 Å². The molecule has 3 aromatic rings. The normalized spacial score (nSPS) is 12.3. The Morgan fingerprint density at radius 2 is 2.00 bits per heavy atom. The Balaban J connectivity index is 1.60. The van der Waals surface area contributed by atoms with Gasteiger partial charge in [-0.2, -0.15) is 5.10 Å². The zero-order valence-electron chi connectivity index (χ0n) is 13.5. The fraction of sp³-hybridized carbons (Fsp3) is 0.278. The number of benzene rings is 1. The van der Waals surface area contributed by atoms with Crippen LogP contribution in [-0.4, -0.2) is 25.8 Å². The molecule has 0 fully saturated rings. The fourth-order valence-electron chi connectivity index (χ4n) is 2.41. The average molecular weight is 307 g/mol. The highest BCUT2D eigenvalue weighted by Crippen LogP contribution is 2.13. The summed E-state index contributed by atoms with van der Waals surface area (Å²) in [6.45, 7) is 5.75. The van der Waals surface area contributed by atoms with Crippen LogP contribution in [0.15, 0.2) is 55.0 Å². The minimum Gasteiger partial charge on any atom is -0.307 e. The minimum absolute atomic E-state index is 0.310. The van der Waals surface area contributed by atoms with Crippen molar-refractivity contribution >= 4 is 0 Å². The number of hydrogen-bond acceptors (Lipinski definition) is 4. The van der Waals surface area contributed by atoms with Gasteiger partial charge in [0.2, 0.25) is 0 Å². The van der Waals surface area contributed by atoms with Crippen molar-refractivity contribution in [3.05, 3.63) is 66.2 Å². The Kier molecular flexibility index (Phi) is 4.78. The van der Waals surface area contributed by atoms with E-state index in [2.05, 4.69) is 33.5 Å². The van der Waals surface area contributed by atoms with Crippen molar-refractivity contribution in [3.63, 3.8) is 0 Å². The van der Waals surface area contributed by atoms with Crippen LogP contribution in [0.2, 0.25) is 0 Å². The third-order valence-corrected chi connectivity index (χ3v) is 3.60. The van der Waals surface area contributed by atoms with Gasteiger partial charge < -0.3 is 5.32 Å². The zero-order valence-corrected chi connectivity index (χ0v) is 13.5. The lowest BCUT2D eigenvalue weighted by atomic mass is 10.2. The quantitative estimate of drug-likeness (QED) is 0.761. The zero-order chi connectivity index (χ0) is 16.1. The molecule has 3 rings (SSSR count). The number of aromatic nitrogens is 4. The monoisotopic (exact) mass is 307 g/mol. The molecule has 0 aliphatic carbocycles. The van der Waals surface area contributed by atoms with E-state index in [9.17, 15) is 0 Å². The molecule has 0 amide bonds. The molecule has 0 unspecified atom stereocenters. The van der Waals surface area contributed by atoms with Crippen LogP contribution in [0, 0.1) is 6.92 Å². The van der Waals surface area contributed by atoms with Gasteiger partial charge >= 0.3 is 0 Å². The maximum absolute atomic E-state index is 4.63. The van der Waals surface area contributed by atoms with E-state index in [0.717, 1.165) is 23.6 Å². The SMILES string of the molecule is Cc1cnn(C[C@@H](C)NCc2ccnc(-c3ccccc3)n2)c1. The van der Waals surface area contributed by atoms with Crippen molar-refractivity contribution in [1.29, 1.82) is 0 Å². The van der Waals surface area contributed by atoms with Crippen LogP contribution in [0.1, 0.15) is 18.2 Å². The molecule has 0 saturated carbocycles. The van der Waals surface area contributed by atoms with Gasteiger partial charge in [-0.25, -0.2) is 9.97 Å². The first kappa shape index (κ1) is 15.4. The van der Waals surface area contributed by atoms with Gasteiger partial charge in [-0.15, -0.1) is 0 Å². The first-order valence-electron chi connectivity index (χ1n) is 7.80. The summed E-state index contributed by atoms with van der Waals surface area (Å²) in [4.78, 5) is 8.98. The predicted molar refractivity (Wildman–Crippen MR) is 90.7 cm³/mol. The van der Waals surface area contributed by atoms with Crippen LogP contribution in [0.25, 0.3) is 11.4 Å². The van der Waals surface area contributed by atoms with Crippen LogP contribution < -0.4 is 5.32 Å². The van der Waals surface area contributed by atoms with Gasteiger partial charge in [0.15, 0.2) is 5.82 Å². The smallest absolute Gasteiger partial charge is 0.159 e. The number of aryl methyl sites for hydroxylation is 1. The Labute approximate surface area is 136 Å². The molecule has 0 aliphatic rings. The first-order chi connectivity index (χ1) is 11.2. The van der Waals surface area contributed by atoms with E-state index in [0.29, 0.717) is 12.6 Å². The van der Waals surface area contributed by atoms with Crippen LogP contribution in [-0.2, 0) is 13.1 Å². The molecular weight excluding hydrogens is 286 g/mol. The van der Waals surface area contributed by atoms with E-state index in [1.54, 1.807) is 0 Å². The molecule has 5 heteroatoms. The Bertz CT molecular complexity index is 751. The second-order valence-corrected chi connectivity index (χ2v) is 5.76. The van der Waals surface area contributed by atoms with Gasteiger partial charge in [-0.05, 0) is 25.5 Å². The number of nitrogens with one attached hydrogen (secondary N) is 1. The molecule has 1 N–H and O–H groups in total. The molecule has 23 heavy (non-hydrogen) atoms. The summed E-state index contributed by atoms with van der Waals surface area (Å²) < 4.78 is 1.96. The standard InChI is InChI=1S/C18H21N5/c1-14-10-21-23(12-14)13-15(2)20-11-17-8-9-19-18(22-17)16-6-4-3-5-7-16/h3-10,12,15,20H,11,13H2,1-2H3/t15-/m1/s1. The van der Waals surface area contributed by atoms with Crippen molar-refractivity contribution in [2.45, 2.75) is 33.0 Å². The third-order valence-electron chi connectivity index (χ3n) is 3.60. The van der Waals surface area contributed by atoms with Gasteiger partial charge in [0, 0.05) is 30.5 Å². The molecule has 1 atom stereocenters. The van der Waals surface area contributed by atoms with Crippen molar-refractivity contribution in [3.8, 4) is 11.4 Å². The van der Waals surface area contributed by atoms with Gasteiger partial charge in [-0.1, -0.05) is 30.3 Å². The molecule has 0 aliphatic heterocycles. The molecule has 2 heterocycles. The maximum atomic E-state index is 4.63. The van der Waals surface area contributed by atoms with Crippen LogP contribution in [0.4, 0.5) is 0 Å². The summed E-state index contributed by atoms with van der Waals surface area (Å²) in [5.41, 5.74) is 3.21. The lowest BCUT2D eigenvalue weighted by Gasteiger charge is -2.13. The van der Waals surface area contributed by atoms with Gasteiger partial charge in [0.25, 0.3) is 0 Å². The molecule has 1 aromatic carbocycles. The summed E-state index contributed by atoms with van der Waals surface area (Å²) in [7, 11) is 0. The molecular formula is C18H21N5. The van der Waals surface area contributed by atoms with Crippen LogP contribution in [0.3, 0.4) is 0 Å². The van der Waals surface area contributed by atoms with Crippen molar-refractivity contribution < 1.29 is 0 Å².